The number of alkyl halides is 7. The number of hydrogen-bond acceptors (Lipinski definition) is 12. The van der Waals surface area contributed by atoms with Crippen molar-refractivity contribution < 1.29 is 41.5 Å². The molecule has 0 amide bonds. The number of anilines is 2. The molecule has 0 saturated carbocycles. The number of rotatable bonds is 9. The van der Waals surface area contributed by atoms with Crippen LogP contribution in [0.1, 0.15) is 52.7 Å². The molecule has 16 nitrogen and oxygen atoms in total. The molecule has 0 unspecified atom stereocenters. The van der Waals surface area contributed by atoms with Gasteiger partial charge in [0.1, 0.15) is 34.0 Å². The Morgan fingerprint density at radius 2 is 1.15 bits per heavy atom. The molecule has 0 radical (unpaired) electrons. The van der Waals surface area contributed by atoms with E-state index in [9.17, 15) is 40.1 Å². The predicted octanol–water partition coefficient (Wildman–Crippen LogP) is 17.5. The molecule has 0 atom stereocenters. The van der Waals surface area contributed by atoms with Crippen LogP contribution in [0.5, 0.6) is 0 Å². The lowest BCUT2D eigenvalue weighted by molar-refractivity contribution is -0.127. The summed E-state index contributed by atoms with van der Waals surface area (Å²) in [6, 6.07) is 22.1. The summed E-state index contributed by atoms with van der Waals surface area (Å²) < 4.78 is 101. The molecule has 85 heavy (non-hydrogen) atoms. The number of fused-ring (bicyclic) bond motifs is 5. The fourth-order valence-corrected chi connectivity index (χ4v) is 11.3. The molecule has 2 aliphatic heterocycles. The third-order valence-corrected chi connectivity index (χ3v) is 15.1. The van der Waals surface area contributed by atoms with Gasteiger partial charge in [0.25, 0.3) is 0 Å². The first-order valence-corrected chi connectivity index (χ1v) is 31.6. The minimum atomic E-state index is -4.24. The number of H-pyrrole nitrogens is 3. The lowest BCUT2D eigenvalue weighted by Crippen LogP contribution is -2.38. The predicted molar refractivity (Wildman–Crippen MR) is 327 cm³/mol. The fourth-order valence-electron chi connectivity index (χ4n) is 9.22. The number of nitrogens with one attached hydrogen (secondary N) is 6. The van der Waals surface area contributed by atoms with E-state index in [-0.39, 0.29) is 15.8 Å². The summed E-state index contributed by atoms with van der Waals surface area (Å²) in [4.78, 5) is 50.7. The Kier molecular flexibility index (Phi) is 22.6. The van der Waals surface area contributed by atoms with E-state index < -0.39 is 37.5 Å². The van der Waals surface area contributed by atoms with Crippen molar-refractivity contribution in [1.82, 2.24) is 45.1 Å². The number of carbonyl (C=O) groups is 1. The lowest BCUT2D eigenvalue weighted by atomic mass is 10.0. The number of benzene rings is 3. The number of hydrogen-bond donors (Lipinski definition) is 6. The zero-order valence-electron chi connectivity index (χ0n) is 45.5. The molecule has 12 rings (SSSR count). The smallest absolute Gasteiger partial charge is 0.367 e. The van der Waals surface area contributed by atoms with Crippen molar-refractivity contribution >= 4 is 150 Å². The van der Waals surface area contributed by atoms with E-state index in [1.165, 1.54) is 18.2 Å². The summed E-state index contributed by atoms with van der Waals surface area (Å²) in [5.41, 5.74) is 6.55. The first-order valence-electron chi connectivity index (χ1n) is 26.2. The van der Waals surface area contributed by atoms with Crippen LogP contribution in [0.3, 0.4) is 0 Å². The van der Waals surface area contributed by atoms with Gasteiger partial charge in [-0.3, -0.25) is 18.6 Å². The molecule has 0 spiro atoms. The van der Waals surface area contributed by atoms with Crippen molar-refractivity contribution in [2.45, 2.75) is 69.5 Å². The van der Waals surface area contributed by atoms with Crippen LogP contribution in [-0.2, 0) is 24.0 Å². The van der Waals surface area contributed by atoms with E-state index >= 15 is 0 Å². The number of aromatic nitrogens is 7. The van der Waals surface area contributed by atoms with Crippen LogP contribution < -0.4 is 16.0 Å². The van der Waals surface area contributed by atoms with Gasteiger partial charge in [-0.25, -0.2) is 34.5 Å². The van der Waals surface area contributed by atoms with Crippen LogP contribution in [0.15, 0.2) is 104 Å². The number of likely N-dealkylation sites (tertiary alicyclic amines) is 1. The quantitative estimate of drug-likeness (QED) is 0.0352. The summed E-state index contributed by atoms with van der Waals surface area (Å²) in [7, 11) is -1.00. The Morgan fingerprint density at radius 1 is 0.682 bits per heavy atom. The standard InChI is InChI=1S/C23H21F3N6S.C13H15F3N4S.C10H6N2O.C9H6N2.CH3F.Cl3OP/c1-27-16-2-3-18-14(11-28-20(18)8-16)12-32-6-4-15(5-7-32)31-21-19-9-17(10-23(24,25)26)33-22(19)30-13-29-21;14-13(15,16)6-9-5-10-11(18-7-19-12(10)21-9)20-8-1-3-17-4-2-8;1-11-8-2-3-9-7(6-13)5-12-10(9)4-8;1-10-8-3-2-7-4-5-11-9(7)6-8;1-2;1-5(2,3)4/h2-3,8-9,11,13,15,28H,4-7,10,12H2,(H,29,30,31);5,7-8,17H,1-4,6H2,(H,18,19,20);2-6,12H;2-6,11H;1H3;/i;;;;1D;. The third-order valence-electron chi connectivity index (χ3n) is 13.0. The molecule has 0 bridgehead atoms. The molecule has 6 N–H and O–H groups in total. The van der Waals surface area contributed by atoms with Gasteiger partial charge in [-0.15, -0.1) is 22.7 Å². The highest BCUT2D eigenvalue weighted by Gasteiger charge is 2.31. The van der Waals surface area contributed by atoms with Crippen LogP contribution >= 0.6 is 61.6 Å². The maximum Gasteiger partial charge on any atom is 0.393 e. The van der Waals surface area contributed by atoms with Crippen molar-refractivity contribution in [1.29, 1.82) is 0 Å². The number of aldehydes is 1. The Bertz CT molecular complexity index is 4050. The number of thiophene rings is 2. The molecule has 0 aliphatic carbocycles. The second kappa shape index (κ2) is 30.1. The van der Waals surface area contributed by atoms with Gasteiger partial charge in [-0.1, -0.05) is 36.4 Å². The molecule has 2 fully saturated rings. The Labute approximate surface area is 506 Å². The molecular formula is C56H51Cl3F7N14O2PS2. The Morgan fingerprint density at radius 3 is 1.66 bits per heavy atom. The summed E-state index contributed by atoms with van der Waals surface area (Å²) in [5, 5.41) is 11.3. The number of carbonyl (C=O) groups excluding carboxylic acids is 1. The molecule has 7 aromatic heterocycles. The SMILES string of the molecule is FC(F)(F)Cc1cc2c(NC3CCNCC3)ncnc2s1.O=P(Cl)(Cl)Cl.[2H]CF.[C-]#[N+]c1ccc2c(C=O)c[nH]c2c1.[C-]#[N+]c1ccc2c(CN3CCC(Nc4ncnc5sc(CC(F)(F)F)cc45)CC3)c[nH]c2c1.[C-]#[N+]c1ccc2cc[nH]c2c1. The average Bonchev–Trinajstić information content (AvgIpc) is 2.20. The first-order chi connectivity index (χ1) is 41.0. The van der Waals surface area contributed by atoms with E-state index in [1.54, 1.807) is 36.5 Å². The van der Waals surface area contributed by atoms with Gasteiger partial charge >= 0.3 is 17.6 Å². The molecule has 2 aliphatic rings. The second-order valence-corrected chi connectivity index (χ2v) is 27.7. The number of nitrogens with zero attached hydrogens (tertiary/aromatic N) is 8. The van der Waals surface area contributed by atoms with Crippen LogP contribution in [0, 0.1) is 19.7 Å². The second-order valence-electron chi connectivity index (χ2n) is 18.9. The fraction of sp³-hybridized carbons (Fsp3) is 0.286. The highest BCUT2D eigenvalue weighted by Crippen LogP contribution is 2.61. The Balaban J connectivity index is 0.000000170. The zero-order chi connectivity index (χ0) is 62.0. The highest BCUT2D eigenvalue weighted by atomic mass is 36.0. The Hall–Kier alpha value is -7.37. The maximum atomic E-state index is 12.8. The summed E-state index contributed by atoms with van der Waals surface area (Å²) in [6.45, 7) is 25.3. The molecule has 29 heteroatoms. The van der Waals surface area contributed by atoms with E-state index in [1.807, 2.05) is 54.9 Å². The zero-order valence-corrected chi connectivity index (χ0v) is 49.3. The van der Waals surface area contributed by atoms with E-state index in [2.05, 4.69) is 104 Å². The normalized spacial score (nSPS) is 14.1. The molecule has 10 aromatic rings. The summed E-state index contributed by atoms with van der Waals surface area (Å²) >= 11 is 16.0. The van der Waals surface area contributed by atoms with Crippen molar-refractivity contribution in [3.63, 3.8) is 0 Å². The van der Waals surface area contributed by atoms with Gasteiger partial charge in [-0.05, 0) is 120 Å². The number of piperidine rings is 2. The van der Waals surface area contributed by atoms with Gasteiger partial charge in [0.05, 0.1) is 51.9 Å². The summed E-state index contributed by atoms with van der Waals surface area (Å²) in [6.07, 6.45) is 2.62. The topological polar surface area (TPSA) is 185 Å². The van der Waals surface area contributed by atoms with Gasteiger partial charge in [-0.2, -0.15) is 26.3 Å². The monoisotopic (exact) mass is 1290 g/mol. The minimum absolute atomic E-state index is 0.203. The van der Waals surface area contributed by atoms with Gasteiger partial charge in [0, 0.05) is 92.9 Å². The maximum absolute atomic E-state index is 12.8. The van der Waals surface area contributed by atoms with Crippen molar-refractivity contribution in [2.75, 3.05) is 44.0 Å². The average molecular weight is 1290 g/mol. The van der Waals surface area contributed by atoms with Gasteiger partial charge in [0.15, 0.2) is 23.3 Å². The van der Waals surface area contributed by atoms with E-state index in [4.69, 9.17) is 21.1 Å². The third kappa shape index (κ3) is 19.6. The van der Waals surface area contributed by atoms with Crippen molar-refractivity contribution in [2.24, 2.45) is 0 Å². The van der Waals surface area contributed by atoms with E-state index in [0.29, 0.717) is 60.7 Å². The minimum Gasteiger partial charge on any atom is -0.367 e. The van der Waals surface area contributed by atoms with Crippen molar-refractivity contribution in [3.8, 4) is 0 Å². The van der Waals surface area contributed by atoms with Gasteiger partial charge < -0.3 is 30.9 Å². The molecule has 2 saturated heterocycles. The summed E-state index contributed by atoms with van der Waals surface area (Å²) in [5.74, 6) is 1.24. The van der Waals surface area contributed by atoms with Crippen LogP contribution in [0.25, 0.3) is 67.7 Å². The van der Waals surface area contributed by atoms with Gasteiger partial charge in [0.2, 0.25) is 0 Å². The van der Waals surface area contributed by atoms with E-state index in [0.717, 1.165) is 120 Å². The molecule has 444 valence electrons. The lowest BCUT2D eigenvalue weighted by Gasteiger charge is -2.32. The molecule has 9 heterocycles. The van der Waals surface area contributed by atoms with Crippen LogP contribution in [0.4, 0.5) is 59.4 Å². The first kappa shape index (κ1) is 63.6. The van der Waals surface area contributed by atoms with Crippen molar-refractivity contribution in [3.05, 3.63) is 159 Å². The highest BCUT2D eigenvalue weighted by molar-refractivity contribution is 8.24. The van der Waals surface area contributed by atoms with Crippen LogP contribution in [-0.4, -0.2) is 104 Å². The van der Waals surface area contributed by atoms with Crippen LogP contribution in [0.2, 0.25) is 0 Å². The number of aromatic amines is 3. The molecule has 3 aromatic carbocycles. The number of halogens is 10. The largest absolute Gasteiger partial charge is 0.393 e. The molecular weight excluding hydrogens is 1240 g/mol.